The van der Waals surface area contributed by atoms with E-state index >= 15 is 0 Å². The number of carbonyl (C=O) groups is 1. The first-order chi connectivity index (χ1) is 7.21. The number of anilines is 1. The maximum Gasteiger partial charge on any atom is 0.234 e. The molecule has 4 heteroatoms. The second-order valence-electron chi connectivity index (χ2n) is 4.17. The number of fused-ring (bicyclic) bond motifs is 1. The summed E-state index contributed by atoms with van der Waals surface area (Å²) < 4.78 is 5.53. The van der Waals surface area contributed by atoms with Gasteiger partial charge in [-0.1, -0.05) is 6.07 Å². The summed E-state index contributed by atoms with van der Waals surface area (Å²) >= 11 is 0. The molecular formula is C11H11NO3. The smallest absolute Gasteiger partial charge is 0.234 e. The molecule has 1 spiro atoms. The van der Waals surface area contributed by atoms with Crippen molar-refractivity contribution in [3.05, 3.63) is 18.2 Å². The van der Waals surface area contributed by atoms with Crippen LogP contribution in [0.15, 0.2) is 18.2 Å². The van der Waals surface area contributed by atoms with Crippen molar-refractivity contribution >= 4 is 11.6 Å². The van der Waals surface area contributed by atoms with Crippen LogP contribution in [-0.4, -0.2) is 17.6 Å². The number of nitrogens with one attached hydrogen (secondary N) is 1. The van der Waals surface area contributed by atoms with E-state index in [2.05, 4.69) is 5.32 Å². The Bertz CT molecular complexity index is 437. The molecule has 1 aliphatic carbocycles. The molecule has 3 rings (SSSR count). The van der Waals surface area contributed by atoms with Crippen LogP contribution in [-0.2, 0) is 4.79 Å². The molecule has 1 heterocycles. The lowest BCUT2D eigenvalue weighted by Crippen LogP contribution is -2.26. The van der Waals surface area contributed by atoms with Gasteiger partial charge in [0.1, 0.15) is 23.8 Å². The maximum atomic E-state index is 11.8. The average molecular weight is 205 g/mol. The molecule has 1 amide bonds. The molecule has 4 nitrogen and oxygen atoms in total. The van der Waals surface area contributed by atoms with Crippen LogP contribution in [0.5, 0.6) is 11.5 Å². The van der Waals surface area contributed by atoms with Gasteiger partial charge in [-0.25, -0.2) is 0 Å². The van der Waals surface area contributed by atoms with Gasteiger partial charge in [0.2, 0.25) is 5.91 Å². The topological polar surface area (TPSA) is 58.6 Å². The number of benzene rings is 1. The van der Waals surface area contributed by atoms with E-state index in [4.69, 9.17) is 4.74 Å². The Kier molecular flexibility index (Phi) is 1.52. The molecule has 15 heavy (non-hydrogen) atoms. The predicted molar refractivity (Wildman–Crippen MR) is 53.9 cm³/mol. The fourth-order valence-corrected chi connectivity index (χ4v) is 1.82. The van der Waals surface area contributed by atoms with E-state index in [0.29, 0.717) is 18.0 Å². The van der Waals surface area contributed by atoms with Gasteiger partial charge < -0.3 is 15.2 Å². The van der Waals surface area contributed by atoms with Crippen LogP contribution in [0.3, 0.4) is 0 Å². The molecule has 2 aliphatic rings. The lowest BCUT2D eigenvalue weighted by molar-refractivity contribution is -0.121. The highest BCUT2D eigenvalue weighted by atomic mass is 16.5. The third kappa shape index (κ3) is 1.17. The second-order valence-corrected chi connectivity index (χ2v) is 4.17. The summed E-state index contributed by atoms with van der Waals surface area (Å²) in [5.41, 5.74) is 0.0529. The minimum atomic E-state index is -0.342. The van der Waals surface area contributed by atoms with E-state index in [1.54, 1.807) is 12.1 Å². The molecule has 1 saturated carbocycles. The molecule has 0 atom stereocenters. The van der Waals surface area contributed by atoms with Crippen molar-refractivity contribution in [3.63, 3.8) is 0 Å². The fourth-order valence-electron chi connectivity index (χ4n) is 1.82. The number of amides is 1. The van der Waals surface area contributed by atoms with Crippen LogP contribution in [0.4, 0.5) is 5.69 Å². The van der Waals surface area contributed by atoms with Gasteiger partial charge in [-0.2, -0.15) is 0 Å². The van der Waals surface area contributed by atoms with Gasteiger partial charge in [0.25, 0.3) is 0 Å². The van der Waals surface area contributed by atoms with E-state index in [1.165, 1.54) is 6.07 Å². The Labute approximate surface area is 86.9 Å². The Morgan fingerprint density at radius 2 is 2.20 bits per heavy atom. The summed E-state index contributed by atoms with van der Waals surface area (Å²) in [4.78, 5) is 11.8. The number of phenolic OH excluding ortho intramolecular Hbond substituents is 1. The lowest BCUT2D eigenvalue weighted by Gasteiger charge is -2.08. The van der Waals surface area contributed by atoms with Crippen LogP contribution < -0.4 is 10.1 Å². The summed E-state index contributed by atoms with van der Waals surface area (Å²) in [6.07, 6.45) is 1.74. The number of rotatable bonds is 0. The predicted octanol–water partition coefficient (Wildman–Crippen LogP) is 1.50. The number of ether oxygens (including phenoxy) is 1. The lowest BCUT2D eigenvalue weighted by atomic mass is 10.1. The molecule has 1 fully saturated rings. The molecule has 2 N–H and O–H groups in total. The molecular weight excluding hydrogens is 194 g/mol. The third-order valence-electron chi connectivity index (χ3n) is 3.08. The van der Waals surface area contributed by atoms with Crippen molar-refractivity contribution in [2.75, 3.05) is 11.9 Å². The van der Waals surface area contributed by atoms with Crippen LogP contribution in [0.1, 0.15) is 12.8 Å². The summed E-state index contributed by atoms with van der Waals surface area (Å²) in [7, 11) is 0. The van der Waals surface area contributed by atoms with Gasteiger partial charge in [-0.15, -0.1) is 0 Å². The molecule has 0 radical (unpaired) electrons. The van der Waals surface area contributed by atoms with Gasteiger partial charge in [-0.3, -0.25) is 4.79 Å². The zero-order valence-electron chi connectivity index (χ0n) is 8.12. The molecule has 1 aliphatic heterocycles. The Morgan fingerprint density at radius 1 is 1.40 bits per heavy atom. The Hall–Kier alpha value is -1.71. The molecule has 1 aromatic rings. The van der Waals surface area contributed by atoms with E-state index in [0.717, 1.165) is 12.8 Å². The van der Waals surface area contributed by atoms with Crippen LogP contribution >= 0.6 is 0 Å². The standard InChI is InChI=1S/C11H11NO3/c13-7-2-1-3-8-9(7)12-10(14)11(4-5-11)6-15-8/h1-3,13H,4-6H2,(H,12,14). The van der Waals surface area contributed by atoms with E-state index in [9.17, 15) is 9.90 Å². The summed E-state index contributed by atoms with van der Waals surface area (Å²) in [5, 5.41) is 12.3. The van der Waals surface area contributed by atoms with Crippen molar-refractivity contribution in [2.24, 2.45) is 5.41 Å². The highest BCUT2D eigenvalue weighted by Crippen LogP contribution is 2.50. The minimum Gasteiger partial charge on any atom is -0.506 e. The average Bonchev–Trinajstić information content (AvgIpc) is 3.00. The Balaban J connectivity index is 2.04. The number of phenols is 1. The largest absolute Gasteiger partial charge is 0.506 e. The molecule has 0 aromatic heterocycles. The van der Waals surface area contributed by atoms with Gasteiger partial charge in [0, 0.05) is 0 Å². The van der Waals surface area contributed by atoms with E-state index < -0.39 is 0 Å². The minimum absolute atomic E-state index is 0.0391. The van der Waals surface area contributed by atoms with E-state index in [-0.39, 0.29) is 17.1 Å². The first-order valence-corrected chi connectivity index (χ1v) is 4.98. The molecule has 1 aromatic carbocycles. The second kappa shape index (κ2) is 2.66. The maximum absolute atomic E-state index is 11.8. The van der Waals surface area contributed by atoms with Gasteiger partial charge in [0.05, 0.1) is 5.41 Å². The van der Waals surface area contributed by atoms with Crippen LogP contribution in [0.25, 0.3) is 0 Å². The van der Waals surface area contributed by atoms with Crippen molar-refractivity contribution in [3.8, 4) is 11.5 Å². The first-order valence-electron chi connectivity index (χ1n) is 4.98. The molecule has 0 unspecified atom stereocenters. The van der Waals surface area contributed by atoms with Crippen molar-refractivity contribution in [1.82, 2.24) is 0 Å². The highest BCUT2D eigenvalue weighted by molar-refractivity contribution is 6.00. The molecule has 0 bridgehead atoms. The number of carbonyl (C=O) groups excluding carboxylic acids is 1. The third-order valence-corrected chi connectivity index (χ3v) is 3.08. The van der Waals surface area contributed by atoms with Crippen molar-refractivity contribution in [1.29, 1.82) is 0 Å². The van der Waals surface area contributed by atoms with Crippen LogP contribution in [0, 0.1) is 5.41 Å². The molecule has 0 saturated heterocycles. The zero-order valence-corrected chi connectivity index (χ0v) is 8.12. The first kappa shape index (κ1) is 8.59. The van der Waals surface area contributed by atoms with Crippen molar-refractivity contribution < 1.29 is 14.6 Å². The number of hydrogen-bond donors (Lipinski definition) is 2. The summed E-state index contributed by atoms with van der Waals surface area (Å²) in [5.74, 6) is 0.563. The van der Waals surface area contributed by atoms with Gasteiger partial charge >= 0.3 is 0 Å². The monoisotopic (exact) mass is 205 g/mol. The van der Waals surface area contributed by atoms with Gasteiger partial charge in [-0.05, 0) is 25.0 Å². The number of para-hydroxylation sites is 1. The Morgan fingerprint density at radius 3 is 2.93 bits per heavy atom. The van der Waals surface area contributed by atoms with E-state index in [1.807, 2.05) is 0 Å². The van der Waals surface area contributed by atoms with Crippen molar-refractivity contribution in [2.45, 2.75) is 12.8 Å². The van der Waals surface area contributed by atoms with Crippen LogP contribution in [0.2, 0.25) is 0 Å². The SMILES string of the molecule is O=C1Nc2c(O)cccc2OCC12CC2. The summed E-state index contributed by atoms with van der Waals surface area (Å²) in [6, 6.07) is 4.98. The number of aromatic hydroxyl groups is 1. The quantitative estimate of drug-likeness (QED) is 0.631. The molecule has 78 valence electrons. The highest BCUT2D eigenvalue weighted by Gasteiger charge is 2.52. The number of hydrogen-bond acceptors (Lipinski definition) is 3. The van der Waals surface area contributed by atoms with Gasteiger partial charge in [0.15, 0.2) is 0 Å². The normalized spacial score (nSPS) is 21.2. The summed E-state index contributed by atoms with van der Waals surface area (Å²) in [6.45, 7) is 0.412. The fraction of sp³-hybridized carbons (Fsp3) is 0.364. The zero-order chi connectivity index (χ0) is 10.5.